The monoisotopic (exact) mass is 318 g/mol. The number of aryl methyl sites for hydroxylation is 1. The molecule has 0 aromatic heterocycles. The minimum absolute atomic E-state index is 0.130. The number of carbonyl (C=O) groups is 1. The SMILES string of the molecule is C=CCN1CCCC1CNC(=O)c1cc(C)cc(OC)c1OC. The zero-order valence-electron chi connectivity index (χ0n) is 14.2. The van der Waals surface area contributed by atoms with Gasteiger partial charge in [0.15, 0.2) is 11.5 Å². The van der Waals surface area contributed by atoms with Crippen LogP contribution in [0.5, 0.6) is 11.5 Å². The van der Waals surface area contributed by atoms with Crippen molar-refractivity contribution in [3.8, 4) is 11.5 Å². The highest BCUT2D eigenvalue weighted by molar-refractivity contribution is 5.98. The van der Waals surface area contributed by atoms with Crippen molar-refractivity contribution in [3.05, 3.63) is 35.9 Å². The van der Waals surface area contributed by atoms with E-state index in [0.29, 0.717) is 29.6 Å². The number of nitrogens with zero attached hydrogens (tertiary/aromatic N) is 1. The first-order valence-electron chi connectivity index (χ1n) is 7.96. The number of ether oxygens (including phenoxy) is 2. The van der Waals surface area contributed by atoms with Crippen molar-refractivity contribution in [2.24, 2.45) is 0 Å². The lowest BCUT2D eigenvalue weighted by Gasteiger charge is -2.23. The van der Waals surface area contributed by atoms with Gasteiger partial charge in [-0.1, -0.05) is 6.08 Å². The molecule has 1 aliphatic rings. The Morgan fingerprint density at radius 2 is 2.22 bits per heavy atom. The van der Waals surface area contributed by atoms with Crippen molar-refractivity contribution in [2.45, 2.75) is 25.8 Å². The summed E-state index contributed by atoms with van der Waals surface area (Å²) >= 11 is 0. The van der Waals surface area contributed by atoms with Gasteiger partial charge in [0, 0.05) is 19.1 Å². The molecule has 5 heteroatoms. The van der Waals surface area contributed by atoms with E-state index in [2.05, 4.69) is 16.8 Å². The van der Waals surface area contributed by atoms with Crippen molar-refractivity contribution >= 4 is 5.91 Å². The lowest BCUT2D eigenvalue weighted by molar-refractivity contribution is 0.0938. The summed E-state index contributed by atoms with van der Waals surface area (Å²) in [6.07, 6.45) is 4.17. The largest absolute Gasteiger partial charge is 0.493 e. The second-order valence-corrected chi connectivity index (χ2v) is 5.84. The molecule has 0 bridgehead atoms. The van der Waals surface area contributed by atoms with Gasteiger partial charge in [-0.15, -0.1) is 6.58 Å². The van der Waals surface area contributed by atoms with E-state index in [1.54, 1.807) is 14.2 Å². The average Bonchev–Trinajstić information content (AvgIpc) is 2.99. The normalized spacial score (nSPS) is 17.8. The van der Waals surface area contributed by atoms with E-state index in [9.17, 15) is 4.79 Å². The summed E-state index contributed by atoms with van der Waals surface area (Å²) < 4.78 is 10.7. The van der Waals surface area contributed by atoms with Crippen molar-refractivity contribution < 1.29 is 14.3 Å². The Hall–Kier alpha value is -2.01. The zero-order valence-corrected chi connectivity index (χ0v) is 14.2. The molecule has 0 saturated carbocycles. The molecule has 5 nitrogen and oxygen atoms in total. The molecule has 0 radical (unpaired) electrons. The van der Waals surface area contributed by atoms with Crippen LogP contribution in [0.25, 0.3) is 0 Å². The van der Waals surface area contributed by atoms with Gasteiger partial charge >= 0.3 is 0 Å². The van der Waals surface area contributed by atoms with Gasteiger partial charge in [0.1, 0.15) is 0 Å². The van der Waals surface area contributed by atoms with Crippen LogP contribution in [0.3, 0.4) is 0 Å². The van der Waals surface area contributed by atoms with Crippen LogP contribution < -0.4 is 14.8 Å². The van der Waals surface area contributed by atoms with Gasteiger partial charge in [-0.3, -0.25) is 9.69 Å². The molecule has 126 valence electrons. The molecule has 1 atom stereocenters. The lowest BCUT2D eigenvalue weighted by Crippen LogP contribution is -2.40. The number of carbonyl (C=O) groups excluding carboxylic acids is 1. The maximum atomic E-state index is 12.6. The van der Waals surface area contributed by atoms with Gasteiger partial charge in [0.05, 0.1) is 19.8 Å². The zero-order chi connectivity index (χ0) is 16.8. The minimum atomic E-state index is -0.130. The summed E-state index contributed by atoms with van der Waals surface area (Å²) in [4.78, 5) is 14.9. The van der Waals surface area contributed by atoms with E-state index in [4.69, 9.17) is 9.47 Å². The Kier molecular flexibility index (Phi) is 6.04. The molecule has 1 unspecified atom stereocenters. The molecule has 1 aromatic carbocycles. The second-order valence-electron chi connectivity index (χ2n) is 5.84. The highest BCUT2D eigenvalue weighted by Gasteiger charge is 2.25. The third-order valence-corrected chi connectivity index (χ3v) is 4.23. The first-order valence-corrected chi connectivity index (χ1v) is 7.96. The first-order chi connectivity index (χ1) is 11.1. The van der Waals surface area contributed by atoms with E-state index in [1.807, 2.05) is 25.1 Å². The Morgan fingerprint density at radius 1 is 1.43 bits per heavy atom. The van der Waals surface area contributed by atoms with E-state index in [1.165, 1.54) is 0 Å². The van der Waals surface area contributed by atoms with Gasteiger partial charge in [-0.25, -0.2) is 0 Å². The molecule has 0 spiro atoms. The quantitative estimate of drug-likeness (QED) is 0.784. The van der Waals surface area contributed by atoms with Gasteiger partial charge in [-0.2, -0.15) is 0 Å². The molecule has 1 N–H and O–H groups in total. The number of hydrogen-bond acceptors (Lipinski definition) is 4. The maximum Gasteiger partial charge on any atom is 0.255 e. The molecule has 2 rings (SSSR count). The molecule has 1 fully saturated rings. The molecule has 0 aliphatic carbocycles. The number of likely N-dealkylation sites (tertiary alicyclic amines) is 1. The number of rotatable bonds is 7. The number of methoxy groups -OCH3 is 2. The summed E-state index contributed by atoms with van der Waals surface area (Å²) in [5.74, 6) is 0.922. The van der Waals surface area contributed by atoms with Crippen LogP contribution in [-0.4, -0.2) is 50.7 Å². The second kappa shape index (κ2) is 8.02. The Morgan fingerprint density at radius 3 is 2.87 bits per heavy atom. The smallest absolute Gasteiger partial charge is 0.255 e. The fraction of sp³-hybridized carbons (Fsp3) is 0.500. The van der Waals surface area contributed by atoms with Crippen LogP contribution in [0, 0.1) is 6.92 Å². The van der Waals surface area contributed by atoms with Crippen LogP contribution in [0.15, 0.2) is 24.8 Å². The van der Waals surface area contributed by atoms with Crippen molar-refractivity contribution in [2.75, 3.05) is 33.9 Å². The molecule has 1 heterocycles. The van der Waals surface area contributed by atoms with Gasteiger partial charge < -0.3 is 14.8 Å². The summed E-state index contributed by atoms with van der Waals surface area (Å²) in [6, 6.07) is 4.06. The molecule has 1 aromatic rings. The molecular weight excluding hydrogens is 292 g/mol. The highest BCUT2D eigenvalue weighted by atomic mass is 16.5. The lowest BCUT2D eigenvalue weighted by atomic mass is 10.1. The molecule has 23 heavy (non-hydrogen) atoms. The van der Waals surface area contributed by atoms with Gasteiger partial charge in [0.2, 0.25) is 0 Å². The predicted molar refractivity (Wildman–Crippen MR) is 91.4 cm³/mol. The standard InChI is InChI=1S/C18H26N2O3/c1-5-8-20-9-6-7-14(20)12-19-18(21)15-10-13(2)11-16(22-3)17(15)23-4/h5,10-11,14H,1,6-9,12H2,2-4H3,(H,19,21). The summed E-state index contributed by atoms with van der Waals surface area (Å²) in [5, 5.41) is 3.03. The van der Waals surface area contributed by atoms with Crippen molar-refractivity contribution in [3.63, 3.8) is 0 Å². The van der Waals surface area contributed by atoms with E-state index < -0.39 is 0 Å². The third kappa shape index (κ3) is 4.05. The number of benzene rings is 1. The van der Waals surface area contributed by atoms with Crippen molar-refractivity contribution in [1.82, 2.24) is 10.2 Å². The fourth-order valence-electron chi connectivity index (χ4n) is 3.11. The molecule has 1 saturated heterocycles. The summed E-state index contributed by atoms with van der Waals surface area (Å²) in [7, 11) is 3.12. The first kappa shape index (κ1) is 17.3. The Balaban J connectivity index is 2.09. The minimum Gasteiger partial charge on any atom is -0.493 e. The van der Waals surface area contributed by atoms with E-state index in [0.717, 1.165) is 31.5 Å². The van der Waals surface area contributed by atoms with Crippen LogP contribution in [0.2, 0.25) is 0 Å². The maximum absolute atomic E-state index is 12.6. The molecule has 1 aliphatic heterocycles. The van der Waals surface area contributed by atoms with Gasteiger partial charge in [0.25, 0.3) is 5.91 Å². The number of nitrogens with one attached hydrogen (secondary N) is 1. The van der Waals surface area contributed by atoms with Gasteiger partial charge in [-0.05, 0) is 44.0 Å². The Labute approximate surface area is 138 Å². The highest BCUT2D eigenvalue weighted by Crippen LogP contribution is 2.32. The van der Waals surface area contributed by atoms with E-state index >= 15 is 0 Å². The number of amides is 1. The van der Waals surface area contributed by atoms with Crippen LogP contribution in [-0.2, 0) is 0 Å². The van der Waals surface area contributed by atoms with Crippen LogP contribution in [0.4, 0.5) is 0 Å². The van der Waals surface area contributed by atoms with E-state index in [-0.39, 0.29) is 5.91 Å². The average molecular weight is 318 g/mol. The fourth-order valence-corrected chi connectivity index (χ4v) is 3.11. The van der Waals surface area contributed by atoms with Crippen LogP contribution in [0.1, 0.15) is 28.8 Å². The third-order valence-electron chi connectivity index (χ3n) is 4.23. The number of hydrogen-bond donors (Lipinski definition) is 1. The summed E-state index contributed by atoms with van der Waals surface area (Å²) in [6.45, 7) is 8.28. The summed E-state index contributed by atoms with van der Waals surface area (Å²) in [5.41, 5.74) is 1.47. The molecular formula is C18H26N2O3. The predicted octanol–water partition coefficient (Wildman–Crippen LogP) is 2.39. The Bertz CT molecular complexity index is 572. The van der Waals surface area contributed by atoms with Crippen molar-refractivity contribution in [1.29, 1.82) is 0 Å². The topological polar surface area (TPSA) is 50.8 Å². The molecule has 1 amide bonds. The van der Waals surface area contributed by atoms with Crippen LogP contribution >= 0.6 is 0 Å².